The van der Waals surface area contributed by atoms with Gasteiger partial charge in [0.2, 0.25) is 0 Å². The fraction of sp³-hybridized carbons (Fsp3) is 0. The van der Waals surface area contributed by atoms with Crippen molar-refractivity contribution in [2.75, 3.05) is 0 Å². The molecule has 0 bridgehead atoms. The van der Waals surface area contributed by atoms with Crippen LogP contribution in [0.5, 0.6) is 0 Å². The molecule has 1 aromatic carbocycles. The van der Waals surface area contributed by atoms with E-state index in [0.717, 1.165) is 4.88 Å². The van der Waals surface area contributed by atoms with Crippen LogP contribution in [0.15, 0.2) is 58.1 Å². The predicted molar refractivity (Wildman–Crippen MR) is 94.7 cm³/mol. The SMILES string of the molecule is O=c1c(-c2ccc([N+](=O)[O-])cc2)c(-c2cccs2)nc2sccn12. The number of benzene rings is 1. The number of nitrogens with zero attached hydrogens (tertiary/aromatic N) is 3. The zero-order valence-electron chi connectivity index (χ0n) is 12.1. The molecule has 0 atom stereocenters. The summed E-state index contributed by atoms with van der Waals surface area (Å²) in [5.74, 6) is 0. The van der Waals surface area contributed by atoms with Crippen molar-refractivity contribution in [2.24, 2.45) is 0 Å². The summed E-state index contributed by atoms with van der Waals surface area (Å²) in [6.07, 6.45) is 1.68. The van der Waals surface area contributed by atoms with E-state index in [1.807, 2.05) is 22.9 Å². The minimum Gasteiger partial charge on any atom is -0.268 e. The maximum atomic E-state index is 12.9. The second-order valence-corrected chi connectivity index (χ2v) is 6.80. The van der Waals surface area contributed by atoms with Crippen LogP contribution in [-0.4, -0.2) is 14.3 Å². The van der Waals surface area contributed by atoms with Crippen LogP contribution >= 0.6 is 22.7 Å². The van der Waals surface area contributed by atoms with Gasteiger partial charge in [-0.05, 0) is 29.1 Å². The van der Waals surface area contributed by atoms with Crippen molar-refractivity contribution in [1.29, 1.82) is 0 Å². The molecular formula is C16H9N3O3S2. The minimum atomic E-state index is -0.461. The first-order chi connectivity index (χ1) is 11.6. The van der Waals surface area contributed by atoms with E-state index in [0.29, 0.717) is 21.8 Å². The van der Waals surface area contributed by atoms with E-state index in [-0.39, 0.29) is 11.2 Å². The lowest BCUT2D eigenvalue weighted by atomic mass is 10.0. The van der Waals surface area contributed by atoms with Gasteiger partial charge in [-0.2, -0.15) is 0 Å². The monoisotopic (exact) mass is 355 g/mol. The Morgan fingerprint density at radius 2 is 1.88 bits per heavy atom. The van der Waals surface area contributed by atoms with E-state index in [2.05, 4.69) is 4.98 Å². The lowest BCUT2D eigenvalue weighted by molar-refractivity contribution is -0.384. The van der Waals surface area contributed by atoms with E-state index >= 15 is 0 Å². The third-order valence-corrected chi connectivity index (χ3v) is 5.22. The molecule has 8 heteroatoms. The predicted octanol–water partition coefficient (Wildman–Crippen LogP) is 4.06. The molecule has 0 N–H and O–H groups in total. The largest absolute Gasteiger partial charge is 0.269 e. The van der Waals surface area contributed by atoms with E-state index in [4.69, 9.17) is 0 Å². The third-order valence-electron chi connectivity index (χ3n) is 3.59. The van der Waals surface area contributed by atoms with Crippen LogP contribution in [0.1, 0.15) is 0 Å². The van der Waals surface area contributed by atoms with Crippen molar-refractivity contribution in [2.45, 2.75) is 0 Å². The lowest BCUT2D eigenvalue weighted by Gasteiger charge is -2.07. The smallest absolute Gasteiger partial charge is 0.268 e. The summed E-state index contributed by atoms with van der Waals surface area (Å²) in [6.45, 7) is 0. The highest BCUT2D eigenvalue weighted by atomic mass is 32.1. The van der Waals surface area contributed by atoms with E-state index < -0.39 is 4.92 Å². The highest BCUT2D eigenvalue weighted by molar-refractivity contribution is 7.15. The molecule has 0 fully saturated rings. The summed E-state index contributed by atoms with van der Waals surface area (Å²) in [5.41, 5.74) is 1.47. The number of hydrogen-bond acceptors (Lipinski definition) is 6. The molecular weight excluding hydrogens is 346 g/mol. The van der Waals surface area contributed by atoms with Crippen molar-refractivity contribution < 1.29 is 4.92 Å². The molecule has 0 aliphatic rings. The van der Waals surface area contributed by atoms with Gasteiger partial charge in [0, 0.05) is 23.7 Å². The summed E-state index contributed by atoms with van der Waals surface area (Å²) in [6, 6.07) is 9.78. The van der Waals surface area contributed by atoms with Gasteiger partial charge in [-0.15, -0.1) is 22.7 Å². The molecule has 0 spiro atoms. The van der Waals surface area contributed by atoms with Crippen LogP contribution in [0.2, 0.25) is 0 Å². The first-order valence-corrected chi connectivity index (χ1v) is 8.69. The maximum Gasteiger partial charge on any atom is 0.269 e. The molecule has 0 radical (unpaired) electrons. The summed E-state index contributed by atoms with van der Waals surface area (Å²) >= 11 is 2.89. The number of thiophene rings is 1. The Morgan fingerprint density at radius 3 is 2.54 bits per heavy atom. The highest BCUT2D eigenvalue weighted by Gasteiger charge is 2.18. The lowest BCUT2D eigenvalue weighted by Crippen LogP contribution is -2.16. The fourth-order valence-corrected chi connectivity index (χ4v) is 3.91. The Hall–Kier alpha value is -2.84. The summed E-state index contributed by atoms with van der Waals surface area (Å²) in [4.78, 5) is 29.4. The van der Waals surface area contributed by atoms with Gasteiger partial charge in [-0.3, -0.25) is 19.3 Å². The van der Waals surface area contributed by atoms with Crippen LogP contribution < -0.4 is 5.56 Å². The van der Waals surface area contributed by atoms with E-state index in [1.54, 1.807) is 18.3 Å². The van der Waals surface area contributed by atoms with Gasteiger partial charge in [0.1, 0.15) is 0 Å². The van der Waals surface area contributed by atoms with Crippen molar-refractivity contribution in [1.82, 2.24) is 9.38 Å². The Labute approximate surface area is 143 Å². The van der Waals surface area contributed by atoms with Crippen molar-refractivity contribution in [3.8, 4) is 21.7 Å². The molecule has 0 amide bonds. The summed E-state index contributed by atoms with van der Waals surface area (Å²) in [5, 5.41) is 14.6. The standard InChI is InChI=1S/C16H9N3O3S2/c20-15-13(10-3-5-11(6-4-10)19(21)22)14(12-2-1-8-23-12)17-16-18(15)7-9-24-16/h1-9H. The van der Waals surface area contributed by atoms with Gasteiger partial charge in [0.15, 0.2) is 4.96 Å². The second-order valence-electron chi connectivity index (χ2n) is 4.98. The molecule has 0 unspecified atom stereocenters. The quantitative estimate of drug-likeness (QED) is 0.410. The van der Waals surface area contributed by atoms with Crippen molar-refractivity contribution >= 4 is 33.3 Å². The molecule has 24 heavy (non-hydrogen) atoms. The number of non-ortho nitro benzene ring substituents is 1. The number of aromatic nitrogens is 2. The number of thiazole rings is 1. The molecule has 3 aromatic heterocycles. The zero-order chi connectivity index (χ0) is 16.7. The number of nitro benzene ring substituents is 1. The van der Waals surface area contributed by atoms with Crippen LogP contribution in [0.25, 0.3) is 26.7 Å². The van der Waals surface area contributed by atoms with E-state index in [1.165, 1.54) is 39.2 Å². The minimum absolute atomic E-state index is 0.0129. The average molecular weight is 355 g/mol. The van der Waals surface area contributed by atoms with Crippen LogP contribution in [0.3, 0.4) is 0 Å². The normalized spacial score (nSPS) is 11.0. The Morgan fingerprint density at radius 1 is 1.08 bits per heavy atom. The Kier molecular flexibility index (Phi) is 3.47. The molecule has 0 aliphatic heterocycles. The molecule has 0 aliphatic carbocycles. The Bertz CT molecular complexity index is 1100. The first-order valence-electron chi connectivity index (χ1n) is 6.94. The molecule has 4 aromatic rings. The number of hydrogen-bond donors (Lipinski definition) is 0. The summed E-state index contributed by atoms with van der Waals surface area (Å²) in [7, 11) is 0. The first kappa shape index (κ1) is 14.7. The molecule has 118 valence electrons. The second kappa shape index (κ2) is 5.66. The van der Waals surface area contributed by atoms with Gasteiger partial charge in [0.05, 0.1) is 21.1 Å². The van der Waals surface area contributed by atoms with E-state index in [9.17, 15) is 14.9 Å². The molecule has 0 saturated heterocycles. The van der Waals surface area contributed by atoms with Gasteiger partial charge in [-0.1, -0.05) is 6.07 Å². The topological polar surface area (TPSA) is 77.5 Å². The van der Waals surface area contributed by atoms with Gasteiger partial charge in [0.25, 0.3) is 11.2 Å². The van der Waals surface area contributed by atoms with Crippen LogP contribution in [0, 0.1) is 10.1 Å². The van der Waals surface area contributed by atoms with Crippen molar-refractivity contribution in [3.05, 3.63) is 73.8 Å². The molecule has 0 saturated carbocycles. The molecule has 3 heterocycles. The maximum absolute atomic E-state index is 12.9. The fourth-order valence-electron chi connectivity index (χ4n) is 2.48. The summed E-state index contributed by atoms with van der Waals surface area (Å²) < 4.78 is 1.50. The zero-order valence-corrected chi connectivity index (χ0v) is 13.7. The number of fused-ring (bicyclic) bond motifs is 1. The highest BCUT2D eigenvalue weighted by Crippen LogP contribution is 2.32. The van der Waals surface area contributed by atoms with Gasteiger partial charge >= 0.3 is 0 Å². The number of rotatable bonds is 3. The van der Waals surface area contributed by atoms with Crippen LogP contribution in [0.4, 0.5) is 5.69 Å². The Balaban J connectivity index is 2.02. The van der Waals surface area contributed by atoms with Crippen LogP contribution in [-0.2, 0) is 0 Å². The molecule has 6 nitrogen and oxygen atoms in total. The van der Waals surface area contributed by atoms with Gasteiger partial charge in [-0.25, -0.2) is 4.98 Å². The van der Waals surface area contributed by atoms with Gasteiger partial charge < -0.3 is 0 Å². The number of nitro groups is 1. The third kappa shape index (κ3) is 2.32. The average Bonchev–Trinajstić information content (AvgIpc) is 3.26. The molecule has 4 rings (SSSR count). The van der Waals surface area contributed by atoms with Crippen molar-refractivity contribution in [3.63, 3.8) is 0 Å².